The number of aryl methyl sites for hydroxylation is 1. The van der Waals surface area contributed by atoms with Gasteiger partial charge in [0.05, 0.1) is 28.9 Å². The van der Waals surface area contributed by atoms with Crippen molar-refractivity contribution in [2.75, 3.05) is 25.6 Å². The molecule has 0 radical (unpaired) electrons. The number of nitrogens with zero attached hydrogens (tertiary/aromatic N) is 3. The van der Waals surface area contributed by atoms with Gasteiger partial charge in [0.1, 0.15) is 0 Å². The van der Waals surface area contributed by atoms with E-state index >= 15 is 0 Å². The maximum absolute atomic E-state index is 11.5. The smallest absolute Gasteiger partial charge is 0.263 e. The van der Waals surface area contributed by atoms with E-state index in [0.717, 1.165) is 54.5 Å². The first kappa shape index (κ1) is 22.8. The summed E-state index contributed by atoms with van der Waals surface area (Å²) in [4.78, 5) is 25.0. The van der Waals surface area contributed by atoms with Gasteiger partial charge in [0, 0.05) is 43.0 Å². The lowest BCUT2D eigenvalue weighted by Gasteiger charge is -2.31. The van der Waals surface area contributed by atoms with Crippen LogP contribution in [0.15, 0.2) is 30.5 Å². The lowest BCUT2D eigenvalue weighted by molar-refractivity contribution is -0.118. The number of hydrogen-bond acceptors (Lipinski definition) is 8. The van der Waals surface area contributed by atoms with Crippen LogP contribution in [-0.2, 0) is 17.8 Å². The van der Waals surface area contributed by atoms with Gasteiger partial charge in [-0.3, -0.25) is 9.78 Å². The normalized spacial score (nSPS) is 19.9. The third-order valence-electron chi connectivity index (χ3n) is 6.31. The summed E-state index contributed by atoms with van der Waals surface area (Å²) >= 11 is 6.48. The highest BCUT2D eigenvalue weighted by molar-refractivity contribution is 6.32. The van der Waals surface area contributed by atoms with Crippen LogP contribution in [0.3, 0.4) is 0 Å². The number of ether oxygens (including phenoxy) is 2. The second-order valence-corrected chi connectivity index (χ2v) is 9.00. The van der Waals surface area contributed by atoms with Gasteiger partial charge in [0.25, 0.3) is 5.91 Å². The van der Waals surface area contributed by atoms with Gasteiger partial charge < -0.3 is 25.4 Å². The Morgan fingerprint density at radius 2 is 2.15 bits per heavy atom. The molecule has 3 aromatic rings. The highest BCUT2D eigenvalue weighted by atomic mass is 35.5. The number of methoxy groups -OCH3 is 1. The van der Waals surface area contributed by atoms with Crippen LogP contribution >= 0.6 is 11.6 Å². The molecule has 3 aromatic heterocycles. The summed E-state index contributed by atoms with van der Waals surface area (Å²) in [5.74, 6) is 1.49. The summed E-state index contributed by atoms with van der Waals surface area (Å²) in [6.45, 7) is 1.55. The number of nitrogens with one attached hydrogen (secondary N) is 3. The fraction of sp³-hybridized carbons (Fsp3) is 0.417. The van der Waals surface area contributed by atoms with E-state index in [-0.39, 0.29) is 12.5 Å². The van der Waals surface area contributed by atoms with Gasteiger partial charge in [-0.05, 0) is 43.9 Å². The third kappa shape index (κ3) is 5.06. The van der Waals surface area contributed by atoms with E-state index in [0.29, 0.717) is 41.1 Å². The average Bonchev–Trinajstić information content (AvgIpc) is 2.87. The summed E-state index contributed by atoms with van der Waals surface area (Å²) < 4.78 is 10.6. The van der Waals surface area contributed by atoms with Crippen molar-refractivity contribution in [3.05, 3.63) is 46.7 Å². The van der Waals surface area contributed by atoms with E-state index in [1.807, 2.05) is 24.3 Å². The van der Waals surface area contributed by atoms with Crippen LogP contribution in [0, 0.1) is 0 Å². The number of piperidine rings is 1. The molecule has 2 aliphatic rings. The molecule has 0 unspecified atom stereocenters. The molecule has 9 nitrogen and oxygen atoms in total. The Hall–Kier alpha value is -3.01. The van der Waals surface area contributed by atoms with E-state index in [4.69, 9.17) is 21.1 Å². The molecule has 5 heterocycles. The fourth-order valence-electron chi connectivity index (χ4n) is 4.44. The first-order valence-electron chi connectivity index (χ1n) is 11.5. The van der Waals surface area contributed by atoms with Crippen LogP contribution in [0.4, 0.5) is 5.82 Å². The number of aromatic nitrogens is 3. The number of fused-ring (bicyclic) bond motifs is 2. The van der Waals surface area contributed by atoms with Crippen molar-refractivity contribution in [1.29, 1.82) is 0 Å². The van der Waals surface area contributed by atoms with Crippen molar-refractivity contribution >= 4 is 34.4 Å². The first-order chi connectivity index (χ1) is 16.6. The average molecular weight is 483 g/mol. The molecule has 0 saturated carbocycles. The number of carbonyl (C=O) groups is 1. The van der Waals surface area contributed by atoms with Crippen LogP contribution < -0.4 is 25.4 Å². The number of rotatable bonds is 7. The Kier molecular flexibility index (Phi) is 6.75. The molecule has 34 heavy (non-hydrogen) atoms. The molecular weight excluding hydrogens is 456 g/mol. The van der Waals surface area contributed by atoms with E-state index in [1.165, 1.54) is 0 Å². The van der Waals surface area contributed by atoms with Gasteiger partial charge in [-0.1, -0.05) is 11.6 Å². The maximum atomic E-state index is 11.5. The van der Waals surface area contributed by atoms with Crippen molar-refractivity contribution in [3.63, 3.8) is 0 Å². The Balaban J connectivity index is 1.13. The molecule has 10 heteroatoms. The predicted octanol–water partition coefficient (Wildman–Crippen LogP) is 2.86. The quantitative estimate of drug-likeness (QED) is 0.471. The molecule has 2 atom stereocenters. The zero-order valence-corrected chi connectivity index (χ0v) is 19.7. The third-order valence-corrected chi connectivity index (χ3v) is 6.64. The summed E-state index contributed by atoms with van der Waals surface area (Å²) in [7, 11) is 1.61. The Labute approximate surface area is 202 Å². The van der Waals surface area contributed by atoms with Gasteiger partial charge in [0.2, 0.25) is 5.88 Å². The molecule has 1 fully saturated rings. The Morgan fingerprint density at radius 3 is 2.97 bits per heavy atom. The van der Waals surface area contributed by atoms with Gasteiger partial charge in [-0.15, -0.1) is 0 Å². The number of anilines is 1. The van der Waals surface area contributed by atoms with Crippen molar-refractivity contribution in [2.45, 2.75) is 44.3 Å². The fourth-order valence-corrected chi connectivity index (χ4v) is 4.67. The second kappa shape index (κ2) is 10.1. The number of carbonyl (C=O) groups excluding carboxylic acids is 1. The van der Waals surface area contributed by atoms with Crippen LogP contribution in [0.1, 0.15) is 30.5 Å². The summed E-state index contributed by atoms with van der Waals surface area (Å²) in [5, 5.41) is 10.6. The zero-order valence-electron chi connectivity index (χ0n) is 18.9. The molecule has 1 saturated heterocycles. The molecule has 0 aromatic carbocycles. The van der Waals surface area contributed by atoms with Crippen molar-refractivity contribution in [1.82, 2.24) is 25.6 Å². The number of hydrogen-bond donors (Lipinski definition) is 3. The SMILES string of the molecule is COc1ccc2ncc(Cl)c(CC[C@@H]3CC[C@@H](NCc4ccc5c(n4)NC(=O)CO5)CN3)c2n1. The molecule has 0 spiro atoms. The van der Waals surface area contributed by atoms with Gasteiger partial charge in [-0.25, -0.2) is 9.97 Å². The first-order valence-corrected chi connectivity index (χ1v) is 11.8. The van der Waals surface area contributed by atoms with Crippen molar-refractivity contribution in [2.24, 2.45) is 0 Å². The summed E-state index contributed by atoms with van der Waals surface area (Å²) in [6, 6.07) is 8.27. The zero-order chi connectivity index (χ0) is 23.5. The van der Waals surface area contributed by atoms with Crippen LogP contribution in [0.2, 0.25) is 5.02 Å². The van der Waals surface area contributed by atoms with E-state index < -0.39 is 0 Å². The van der Waals surface area contributed by atoms with E-state index in [2.05, 4.69) is 30.9 Å². The molecule has 178 valence electrons. The highest BCUT2D eigenvalue weighted by Gasteiger charge is 2.22. The monoisotopic (exact) mass is 482 g/mol. The topological polar surface area (TPSA) is 110 Å². The maximum Gasteiger partial charge on any atom is 0.263 e. The number of amides is 1. The molecular formula is C24H27ClN6O3. The molecule has 5 rings (SSSR count). The van der Waals surface area contributed by atoms with Crippen LogP contribution in [-0.4, -0.2) is 53.2 Å². The van der Waals surface area contributed by atoms with Gasteiger partial charge in [-0.2, -0.15) is 0 Å². The Morgan fingerprint density at radius 1 is 1.24 bits per heavy atom. The molecule has 3 N–H and O–H groups in total. The lowest BCUT2D eigenvalue weighted by atomic mass is 9.95. The largest absolute Gasteiger partial charge is 0.481 e. The van der Waals surface area contributed by atoms with E-state index in [1.54, 1.807) is 13.3 Å². The van der Waals surface area contributed by atoms with Crippen molar-refractivity contribution < 1.29 is 14.3 Å². The summed E-state index contributed by atoms with van der Waals surface area (Å²) in [5.41, 5.74) is 3.51. The Bertz CT molecular complexity index is 1200. The van der Waals surface area contributed by atoms with Crippen LogP contribution in [0.25, 0.3) is 11.0 Å². The minimum atomic E-state index is -0.177. The van der Waals surface area contributed by atoms with Gasteiger partial charge in [0.15, 0.2) is 18.2 Å². The molecule has 2 aliphatic heterocycles. The molecule has 1 amide bonds. The second-order valence-electron chi connectivity index (χ2n) is 8.59. The van der Waals surface area contributed by atoms with Crippen LogP contribution in [0.5, 0.6) is 11.6 Å². The van der Waals surface area contributed by atoms with Crippen molar-refractivity contribution in [3.8, 4) is 11.6 Å². The minimum absolute atomic E-state index is 0.0372. The summed E-state index contributed by atoms with van der Waals surface area (Å²) in [6.07, 6.45) is 5.63. The van der Waals surface area contributed by atoms with Gasteiger partial charge >= 0.3 is 0 Å². The van der Waals surface area contributed by atoms with E-state index in [9.17, 15) is 4.79 Å². The number of pyridine rings is 3. The lowest BCUT2D eigenvalue weighted by Crippen LogP contribution is -2.47. The minimum Gasteiger partial charge on any atom is -0.481 e. The molecule has 0 aliphatic carbocycles. The highest BCUT2D eigenvalue weighted by Crippen LogP contribution is 2.28. The number of halogens is 1. The molecule has 0 bridgehead atoms. The standard InChI is InChI=1S/C24H27ClN6O3/c1-33-22-9-7-19-23(31-22)17(18(25)12-28-19)6-4-14-2-3-15(10-26-14)27-11-16-5-8-20-24(29-16)30-21(32)13-34-20/h5,7-9,12,14-15,26-27H,2-4,6,10-11,13H2,1H3,(H,29,30,32)/t14-,15+/m0/s1. The predicted molar refractivity (Wildman–Crippen MR) is 129 cm³/mol.